The number of hydrogen-bond acceptors (Lipinski definition) is 15. The fourth-order valence-corrected chi connectivity index (χ4v) is 13.3. The number of ether oxygens (including phenoxy) is 4. The normalized spacial score (nSPS) is 14.3. The first kappa shape index (κ1) is 104. The minimum Gasteiger partial charge on any atom is -0.462 e. The molecule has 5 unspecified atom stereocenters. The summed E-state index contributed by atoms with van der Waals surface area (Å²) in [5.74, 6) is -2.18. The lowest BCUT2D eigenvalue weighted by Gasteiger charge is -2.21. The quantitative estimate of drug-likeness (QED) is 0.0169. The lowest BCUT2D eigenvalue weighted by atomic mass is 10.0. The van der Waals surface area contributed by atoms with Gasteiger partial charge in [-0.2, -0.15) is 0 Å². The molecule has 624 valence electrons. The molecule has 0 fully saturated rings. The van der Waals surface area contributed by atoms with Gasteiger partial charge in [0.05, 0.1) is 26.4 Å². The molecule has 0 aromatic heterocycles. The molecule has 0 aliphatic carbocycles. The van der Waals surface area contributed by atoms with Crippen LogP contribution in [0.1, 0.15) is 374 Å². The van der Waals surface area contributed by atoms with Crippen molar-refractivity contribution in [3.63, 3.8) is 0 Å². The number of carbonyl (C=O) groups excluding carboxylic acids is 4. The number of aliphatic hydroxyl groups excluding tert-OH is 1. The van der Waals surface area contributed by atoms with Crippen molar-refractivity contribution in [2.75, 3.05) is 39.6 Å². The monoisotopic (exact) mass is 1560 g/mol. The zero-order valence-electron chi connectivity index (χ0n) is 68.5. The number of aliphatic hydroxyl groups is 1. The minimum atomic E-state index is -4.99. The Hall–Kier alpha value is -4.28. The van der Waals surface area contributed by atoms with E-state index >= 15 is 0 Å². The van der Waals surface area contributed by atoms with Gasteiger partial charge in [0, 0.05) is 25.7 Å². The fourth-order valence-electron chi connectivity index (χ4n) is 11.7. The van der Waals surface area contributed by atoms with E-state index in [0.717, 1.165) is 212 Å². The van der Waals surface area contributed by atoms with Crippen molar-refractivity contribution in [2.24, 2.45) is 0 Å². The van der Waals surface area contributed by atoms with Gasteiger partial charge in [-0.25, -0.2) is 9.13 Å². The Morgan fingerprint density at radius 2 is 0.481 bits per heavy atom. The molecule has 0 bridgehead atoms. The van der Waals surface area contributed by atoms with Gasteiger partial charge in [-0.1, -0.05) is 330 Å². The van der Waals surface area contributed by atoms with Crippen molar-refractivity contribution in [1.82, 2.24) is 0 Å². The maximum absolute atomic E-state index is 13.1. The number of esters is 4. The number of rotatable bonds is 81. The van der Waals surface area contributed by atoms with Crippen molar-refractivity contribution >= 4 is 39.5 Å². The van der Waals surface area contributed by atoms with Crippen LogP contribution >= 0.6 is 15.6 Å². The number of allylic oxidation sites excluding steroid dienone is 18. The van der Waals surface area contributed by atoms with Crippen molar-refractivity contribution in [1.29, 1.82) is 0 Å². The third-order valence-electron chi connectivity index (χ3n) is 18.2. The second kappa shape index (κ2) is 80.8. The van der Waals surface area contributed by atoms with Gasteiger partial charge in [0.25, 0.3) is 0 Å². The maximum Gasteiger partial charge on any atom is 0.472 e. The SMILES string of the molecule is CC/C=C\C/C=C\C/C=C\CCCCCCCCCC(=O)OCC(COP(=O)(O)OCC(O)COP(=O)(O)OCC(COC(=O)CCCCCCCC/C=C\C/C=C\C/C=C\CCCCC)OC(=O)CCCCCCCCC/C=C\C/C=C\C/C=C\CC)OC(=O)CCCCCCCCCCCCCCCCC. The molecule has 3 N–H and O–H groups in total. The molecule has 0 aliphatic rings. The summed E-state index contributed by atoms with van der Waals surface area (Å²) in [6.07, 6.45) is 88.9. The van der Waals surface area contributed by atoms with Crippen LogP contribution in [-0.2, 0) is 65.4 Å². The second-order valence-electron chi connectivity index (χ2n) is 28.7. The summed E-state index contributed by atoms with van der Waals surface area (Å²) < 4.78 is 68.9. The Balaban J connectivity index is 5.37. The zero-order chi connectivity index (χ0) is 78.9. The summed E-state index contributed by atoms with van der Waals surface area (Å²) in [6, 6.07) is 0. The number of phosphoric ester groups is 2. The van der Waals surface area contributed by atoms with E-state index in [9.17, 15) is 43.2 Å². The highest BCUT2D eigenvalue weighted by atomic mass is 31.2. The summed E-state index contributed by atoms with van der Waals surface area (Å²) in [6.45, 7) is 4.67. The van der Waals surface area contributed by atoms with Gasteiger partial charge >= 0.3 is 39.5 Å². The van der Waals surface area contributed by atoms with Crippen LogP contribution in [0.3, 0.4) is 0 Å². The van der Waals surface area contributed by atoms with Gasteiger partial charge in [0.15, 0.2) is 12.2 Å². The standard InChI is InChI=1S/C89H156O17P2/c1-5-9-13-17-21-25-29-33-37-40-41-44-47-50-54-58-62-66-70-74-87(92)100-80-85(106-89(94)76-72-68-64-60-56-52-48-43-39-35-31-27-23-19-15-11-7-3)82-104-108(97,98)102-78-83(90)77-101-107(95,96)103-81-84(105-88(93)75-71-67-63-59-55-51-45-36-32-28-24-20-16-12-8-4)79-99-86(91)73-69-65-61-57-53-49-46-42-38-34-30-26-22-18-14-10-6-2/h10-11,14-15,21-23,25-27,33-35,37-39,41,44,83-85,90H,5-9,12-13,16-20,24,28-32,36,40,42-43,45-82H2,1-4H3,(H,95,96)(H,97,98)/b14-10-,15-11-,25-21-,26-22-,27-23-,37-33-,38-34-,39-35-,44-41-. The molecule has 5 atom stereocenters. The van der Waals surface area contributed by atoms with Crippen molar-refractivity contribution in [2.45, 2.75) is 393 Å². The third kappa shape index (κ3) is 79.8. The van der Waals surface area contributed by atoms with Crippen LogP contribution in [0.4, 0.5) is 0 Å². The van der Waals surface area contributed by atoms with Crippen molar-refractivity contribution in [3.05, 3.63) is 109 Å². The smallest absolute Gasteiger partial charge is 0.462 e. The van der Waals surface area contributed by atoms with Gasteiger partial charge in [-0.3, -0.25) is 37.3 Å². The van der Waals surface area contributed by atoms with E-state index in [1.165, 1.54) is 83.5 Å². The molecule has 0 saturated heterocycles. The topological polar surface area (TPSA) is 237 Å². The average Bonchev–Trinajstić information content (AvgIpc) is 0.906. The van der Waals surface area contributed by atoms with Gasteiger partial charge in [0.2, 0.25) is 0 Å². The summed E-state index contributed by atoms with van der Waals surface area (Å²) in [5, 5.41) is 10.7. The van der Waals surface area contributed by atoms with E-state index in [0.29, 0.717) is 25.7 Å². The largest absolute Gasteiger partial charge is 0.472 e. The van der Waals surface area contributed by atoms with Gasteiger partial charge in [-0.05, 0) is 128 Å². The highest BCUT2D eigenvalue weighted by Crippen LogP contribution is 2.45. The molecular weight excluding hydrogens is 1400 g/mol. The minimum absolute atomic E-state index is 0.0804. The highest BCUT2D eigenvalue weighted by Gasteiger charge is 2.30. The Bertz CT molecular complexity index is 2470. The Morgan fingerprint density at radius 3 is 0.759 bits per heavy atom. The molecule has 0 aliphatic heterocycles. The molecule has 0 heterocycles. The first-order valence-corrected chi connectivity index (χ1v) is 46.1. The predicted octanol–water partition coefficient (Wildman–Crippen LogP) is 25.7. The van der Waals surface area contributed by atoms with E-state index in [-0.39, 0.29) is 25.7 Å². The second-order valence-corrected chi connectivity index (χ2v) is 31.6. The summed E-state index contributed by atoms with van der Waals surface area (Å²) >= 11 is 0. The summed E-state index contributed by atoms with van der Waals surface area (Å²) in [5.41, 5.74) is 0. The number of hydrogen-bond donors (Lipinski definition) is 3. The number of unbranched alkanes of at least 4 members (excludes halogenated alkanes) is 37. The molecule has 0 spiro atoms. The average molecular weight is 1560 g/mol. The van der Waals surface area contributed by atoms with Crippen molar-refractivity contribution < 1.29 is 80.2 Å². The zero-order valence-corrected chi connectivity index (χ0v) is 70.3. The van der Waals surface area contributed by atoms with Crippen LogP contribution in [0.25, 0.3) is 0 Å². The highest BCUT2D eigenvalue weighted by molar-refractivity contribution is 7.47. The fraction of sp³-hybridized carbons (Fsp3) is 0.753. The molecule has 17 nitrogen and oxygen atoms in total. The maximum atomic E-state index is 13.1. The van der Waals surface area contributed by atoms with E-state index in [2.05, 4.69) is 137 Å². The summed E-state index contributed by atoms with van der Waals surface area (Å²) in [7, 11) is -9.97. The number of phosphoric acid groups is 2. The van der Waals surface area contributed by atoms with Gasteiger partial charge in [-0.15, -0.1) is 0 Å². The van der Waals surface area contributed by atoms with Gasteiger partial charge in [0.1, 0.15) is 19.3 Å². The van der Waals surface area contributed by atoms with Crippen LogP contribution in [0.15, 0.2) is 109 Å². The molecular formula is C89H156O17P2. The van der Waals surface area contributed by atoms with E-state index < -0.39 is 97.5 Å². The van der Waals surface area contributed by atoms with Crippen LogP contribution in [0.5, 0.6) is 0 Å². The van der Waals surface area contributed by atoms with Crippen LogP contribution in [0.2, 0.25) is 0 Å². The lowest BCUT2D eigenvalue weighted by molar-refractivity contribution is -0.161. The molecule has 0 amide bonds. The molecule has 108 heavy (non-hydrogen) atoms. The Kier molecular flexibility index (Phi) is 77.6. The third-order valence-corrected chi connectivity index (χ3v) is 20.1. The first-order valence-electron chi connectivity index (χ1n) is 43.1. The van der Waals surface area contributed by atoms with E-state index in [1.54, 1.807) is 0 Å². The van der Waals surface area contributed by atoms with E-state index in [4.69, 9.17) is 37.0 Å². The van der Waals surface area contributed by atoms with Crippen LogP contribution in [-0.4, -0.2) is 96.7 Å². The molecule has 0 saturated carbocycles. The molecule has 0 aromatic carbocycles. The summed E-state index contributed by atoms with van der Waals surface area (Å²) in [4.78, 5) is 73.3. The molecule has 19 heteroatoms. The Morgan fingerprint density at radius 1 is 0.269 bits per heavy atom. The van der Waals surface area contributed by atoms with Crippen LogP contribution in [0, 0.1) is 0 Å². The van der Waals surface area contributed by atoms with Gasteiger partial charge < -0.3 is 33.8 Å². The molecule has 0 rings (SSSR count). The molecule has 0 radical (unpaired) electrons. The lowest BCUT2D eigenvalue weighted by Crippen LogP contribution is -2.30. The van der Waals surface area contributed by atoms with Crippen LogP contribution < -0.4 is 0 Å². The van der Waals surface area contributed by atoms with Crippen molar-refractivity contribution in [3.8, 4) is 0 Å². The molecule has 0 aromatic rings. The Labute approximate surface area is 658 Å². The first-order chi connectivity index (χ1) is 52.7. The predicted molar refractivity (Wildman–Crippen MR) is 445 cm³/mol. The van der Waals surface area contributed by atoms with E-state index in [1.807, 2.05) is 0 Å². The number of carbonyl (C=O) groups is 4.